The first-order chi connectivity index (χ1) is 13.9. The molecule has 1 amide bonds. The monoisotopic (exact) mass is 410 g/mol. The average Bonchev–Trinajstić information content (AvgIpc) is 2.67. The molecule has 0 aliphatic heterocycles. The fourth-order valence-corrected chi connectivity index (χ4v) is 3.27. The minimum Gasteiger partial charge on any atom is -0.346 e. The van der Waals surface area contributed by atoms with E-state index < -0.39 is 11.3 Å². The minimum atomic E-state index is -0.518. The van der Waals surface area contributed by atoms with Crippen molar-refractivity contribution in [1.29, 1.82) is 0 Å². The maximum Gasteiger partial charge on any atom is 0.276 e. The molecule has 1 aromatic heterocycles. The topological polar surface area (TPSA) is 67.2 Å². The SMILES string of the molecule is Cc1cc(=O)c(C(=O)NCc2ccccc2CN(C)C)nn1-c1ccccc1Cl. The molecule has 0 aliphatic rings. The number of benzene rings is 2. The summed E-state index contributed by atoms with van der Waals surface area (Å²) in [6.45, 7) is 2.81. The number of aryl methyl sites for hydroxylation is 1. The van der Waals surface area contributed by atoms with Crippen LogP contribution in [0.4, 0.5) is 0 Å². The van der Waals surface area contributed by atoms with Gasteiger partial charge in [-0.15, -0.1) is 0 Å². The molecule has 0 atom stereocenters. The van der Waals surface area contributed by atoms with E-state index in [1.54, 1.807) is 19.1 Å². The normalized spacial score (nSPS) is 10.9. The molecule has 29 heavy (non-hydrogen) atoms. The molecule has 0 spiro atoms. The first kappa shape index (κ1) is 20.8. The van der Waals surface area contributed by atoms with Crippen molar-refractivity contribution in [2.24, 2.45) is 0 Å². The maximum atomic E-state index is 12.7. The van der Waals surface area contributed by atoms with Crippen molar-refractivity contribution in [1.82, 2.24) is 20.0 Å². The van der Waals surface area contributed by atoms with E-state index in [0.29, 0.717) is 22.9 Å². The Hall–Kier alpha value is -2.96. The molecule has 0 aliphatic carbocycles. The van der Waals surface area contributed by atoms with Crippen LogP contribution >= 0.6 is 11.6 Å². The Labute approximate surface area is 174 Å². The molecule has 1 N–H and O–H groups in total. The molecule has 0 bridgehead atoms. The molecule has 3 rings (SSSR count). The molecule has 6 nitrogen and oxygen atoms in total. The van der Waals surface area contributed by atoms with Crippen molar-refractivity contribution < 1.29 is 4.79 Å². The minimum absolute atomic E-state index is 0.166. The van der Waals surface area contributed by atoms with Crippen molar-refractivity contribution in [2.75, 3.05) is 14.1 Å². The molecule has 0 fully saturated rings. The third kappa shape index (κ3) is 4.91. The van der Waals surface area contributed by atoms with E-state index in [4.69, 9.17) is 11.6 Å². The van der Waals surface area contributed by atoms with E-state index in [1.165, 1.54) is 10.7 Å². The Morgan fingerprint density at radius 3 is 2.45 bits per heavy atom. The molecule has 7 heteroatoms. The fourth-order valence-electron chi connectivity index (χ4n) is 3.06. The summed E-state index contributed by atoms with van der Waals surface area (Å²) in [6.07, 6.45) is 0. The summed E-state index contributed by atoms with van der Waals surface area (Å²) < 4.78 is 1.51. The summed E-state index contributed by atoms with van der Waals surface area (Å²) >= 11 is 6.26. The number of nitrogens with one attached hydrogen (secondary N) is 1. The predicted molar refractivity (Wildman–Crippen MR) is 115 cm³/mol. The van der Waals surface area contributed by atoms with Crippen LogP contribution in [0.5, 0.6) is 0 Å². The van der Waals surface area contributed by atoms with Crippen molar-refractivity contribution in [2.45, 2.75) is 20.0 Å². The van der Waals surface area contributed by atoms with Gasteiger partial charge in [0.05, 0.1) is 10.7 Å². The van der Waals surface area contributed by atoms with Gasteiger partial charge < -0.3 is 10.2 Å². The zero-order valence-electron chi connectivity index (χ0n) is 16.6. The highest BCUT2D eigenvalue weighted by Gasteiger charge is 2.16. The Bertz CT molecular complexity index is 1090. The van der Waals surface area contributed by atoms with E-state index in [9.17, 15) is 9.59 Å². The van der Waals surface area contributed by atoms with Gasteiger partial charge in [0.25, 0.3) is 5.91 Å². The molecule has 0 saturated heterocycles. The smallest absolute Gasteiger partial charge is 0.276 e. The summed E-state index contributed by atoms with van der Waals surface area (Å²) in [7, 11) is 3.98. The number of carbonyl (C=O) groups excluding carboxylic acids is 1. The van der Waals surface area contributed by atoms with Gasteiger partial charge in [0.2, 0.25) is 5.43 Å². The maximum absolute atomic E-state index is 12.7. The van der Waals surface area contributed by atoms with Gasteiger partial charge in [-0.25, -0.2) is 4.68 Å². The van der Waals surface area contributed by atoms with E-state index in [1.807, 2.05) is 50.5 Å². The van der Waals surface area contributed by atoms with Crippen LogP contribution < -0.4 is 10.7 Å². The molecule has 1 heterocycles. The predicted octanol–water partition coefficient (Wildman–Crippen LogP) is 3.19. The Balaban J connectivity index is 1.86. The summed E-state index contributed by atoms with van der Waals surface area (Å²) in [5, 5.41) is 7.58. The van der Waals surface area contributed by atoms with Crippen molar-refractivity contribution in [3.05, 3.63) is 92.4 Å². The van der Waals surface area contributed by atoms with Crippen LogP contribution in [0.15, 0.2) is 59.4 Å². The number of hydrogen-bond acceptors (Lipinski definition) is 4. The highest BCUT2D eigenvalue weighted by molar-refractivity contribution is 6.32. The lowest BCUT2D eigenvalue weighted by atomic mass is 10.1. The number of amides is 1. The molecule has 3 aromatic rings. The van der Waals surface area contributed by atoms with Crippen LogP contribution in [0.2, 0.25) is 5.02 Å². The number of para-hydroxylation sites is 1. The zero-order valence-corrected chi connectivity index (χ0v) is 17.4. The lowest BCUT2D eigenvalue weighted by molar-refractivity contribution is 0.0943. The average molecular weight is 411 g/mol. The Kier molecular flexibility index (Phi) is 6.46. The van der Waals surface area contributed by atoms with Crippen LogP contribution in [0.3, 0.4) is 0 Å². The van der Waals surface area contributed by atoms with Gasteiger partial charge >= 0.3 is 0 Å². The number of carbonyl (C=O) groups is 1. The Morgan fingerprint density at radius 1 is 1.10 bits per heavy atom. The standard InChI is InChI=1S/C22H23ClN4O2/c1-15-12-20(28)21(25-27(15)19-11-7-6-10-18(19)23)22(29)24-13-16-8-4-5-9-17(16)14-26(2)3/h4-12H,13-14H2,1-3H3,(H,24,29). The second-order valence-electron chi connectivity index (χ2n) is 7.05. The van der Waals surface area contributed by atoms with Gasteiger partial charge in [0, 0.05) is 24.8 Å². The van der Waals surface area contributed by atoms with Gasteiger partial charge in [0.1, 0.15) is 0 Å². The van der Waals surface area contributed by atoms with E-state index in [2.05, 4.69) is 15.3 Å². The summed E-state index contributed by atoms with van der Waals surface area (Å²) in [4.78, 5) is 27.2. The molecule has 150 valence electrons. The third-order valence-corrected chi connectivity index (χ3v) is 4.77. The largest absolute Gasteiger partial charge is 0.346 e. The highest BCUT2D eigenvalue weighted by Crippen LogP contribution is 2.19. The third-order valence-electron chi connectivity index (χ3n) is 4.45. The molecule has 0 saturated carbocycles. The summed E-state index contributed by atoms with van der Waals surface area (Å²) in [5.41, 5.74) is 2.72. The fraction of sp³-hybridized carbons (Fsp3) is 0.227. The molecular formula is C22H23ClN4O2. The van der Waals surface area contributed by atoms with Crippen molar-refractivity contribution in [3.63, 3.8) is 0 Å². The summed E-state index contributed by atoms with van der Waals surface area (Å²) in [5.74, 6) is -0.518. The van der Waals surface area contributed by atoms with Crippen LogP contribution in [0.1, 0.15) is 27.3 Å². The number of nitrogens with zero attached hydrogens (tertiary/aromatic N) is 3. The van der Waals surface area contributed by atoms with E-state index in [0.717, 1.165) is 17.7 Å². The van der Waals surface area contributed by atoms with E-state index in [-0.39, 0.29) is 5.69 Å². The molecule has 0 unspecified atom stereocenters. The number of hydrogen-bond donors (Lipinski definition) is 1. The quantitative estimate of drug-likeness (QED) is 0.677. The first-order valence-corrected chi connectivity index (χ1v) is 9.60. The number of rotatable bonds is 6. The Morgan fingerprint density at radius 2 is 1.76 bits per heavy atom. The van der Waals surface area contributed by atoms with Gasteiger partial charge in [-0.05, 0) is 44.3 Å². The van der Waals surface area contributed by atoms with Crippen LogP contribution in [0, 0.1) is 6.92 Å². The molecular weight excluding hydrogens is 388 g/mol. The van der Waals surface area contributed by atoms with Gasteiger partial charge in [-0.3, -0.25) is 9.59 Å². The molecule has 0 radical (unpaired) electrons. The van der Waals surface area contributed by atoms with Crippen LogP contribution in [-0.4, -0.2) is 34.7 Å². The number of aromatic nitrogens is 2. The van der Waals surface area contributed by atoms with E-state index >= 15 is 0 Å². The second kappa shape index (κ2) is 9.03. The second-order valence-corrected chi connectivity index (χ2v) is 7.46. The van der Waals surface area contributed by atoms with Crippen molar-refractivity contribution in [3.8, 4) is 5.69 Å². The lowest BCUT2D eigenvalue weighted by Gasteiger charge is -2.15. The van der Waals surface area contributed by atoms with Gasteiger partial charge in [-0.2, -0.15) is 5.10 Å². The summed E-state index contributed by atoms with van der Waals surface area (Å²) in [6, 6.07) is 16.4. The van der Waals surface area contributed by atoms with Crippen LogP contribution in [0.25, 0.3) is 5.69 Å². The van der Waals surface area contributed by atoms with Gasteiger partial charge in [-0.1, -0.05) is 48.0 Å². The van der Waals surface area contributed by atoms with Gasteiger partial charge in [0.15, 0.2) is 5.69 Å². The first-order valence-electron chi connectivity index (χ1n) is 9.22. The number of halogens is 1. The van der Waals surface area contributed by atoms with Crippen LogP contribution in [-0.2, 0) is 13.1 Å². The van der Waals surface area contributed by atoms with Crippen molar-refractivity contribution >= 4 is 17.5 Å². The lowest BCUT2D eigenvalue weighted by Crippen LogP contribution is -2.32. The molecule has 2 aromatic carbocycles. The zero-order chi connectivity index (χ0) is 21.0. The highest BCUT2D eigenvalue weighted by atomic mass is 35.5.